The maximum atomic E-state index is 13.4. The van der Waals surface area contributed by atoms with Gasteiger partial charge in [0.15, 0.2) is 5.65 Å². The molecule has 3 N–H and O–H groups in total. The molecule has 0 radical (unpaired) electrons. The van der Waals surface area contributed by atoms with Crippen LogP contribution in [0.25, 0.3) is 11.0 Å². The molecule has 2 heterocycles. The topological polar surface area (TPSA) is 92.8 Å². The Labute approximate surface area is 191 Å². The fourth-order valence-electron chi connectivity index (χ4n) is 4.06. The molecule has 0 fully saturated rings. The molecule has 1 unspecified atom stereocenters. The van der Waals surface area contributed by atoms with E-state index in [0.717, 1.165) is 17.5 Å². The summed E-state index contributed by atoms with van der Waals surface area (Å²) < 4.78 is 1.77. The normalized spacial score (nSPS) is 12.5. The third-order valence-corrected chi connectivity index (χ3v) is 5.87. The van der Waals surface area contributed by atoms with Crippen LogP contribution in [0.3, 0.4) is 0 Å². The van der Waals surface area contributed by atoms with Gasteiger partial charge in [0.25, 0.3) is 5.56 Å². The van der Waals surface area contributed by atoms with Crippen molar-refractivity contribution in [2.24, 2.45) is 5.73 Å². The first-order valence-corrected chi connectivity index (χ1v) is 11.1. The molecular weight excluding hydrogens is 424 g/mol. The Morgan fingerprint density at radius 3 is 2.56 bits per heavy atom. The molecule has 0 spiro atoms. The van der Waals surface area contributed by atoms with E-state index in [2.05, 4.69) is 22.0 Å². The molecule has 2 aromatic heterocycles. The van der Waals surface area contributed by atoms with Crippen molar-refractivity contribution < 1.29 is 0 Å². The Balaban J connectivity index is 1.79. The van der Waals surface area contributed by atoms with Gasteiger partial charge in [-0.2, -0.15) is 5.10 Å². The molecule has 4 aromatic rings. The number of halogens is 1. The Hall–Kier alpha value is -3.00. The predicted molar refractivity (Wildman–Crippen MR) is 128 cm³/mol. The lowest BCUT2D eigenvalue weighted by Crippen LogP contribution is -2.37. The van der Waals surface area contributed by atoms with Crippen molar-refractivity contribution in [2.45, 2.75) is 32.5 Å². The number of hydrogen-bond donors (Lipinski definition) is 2. The number of fused-ring (bicyclic) bond motifs is 1. The predicted octanol–water partition coefficient (Wildman–Crippen LogP) is 3.73. The highest BCUT2D eigenvalue weighted by molar-refractivity contribution is 6.30. The largest absolute Gasteiger partial charge is 0.329 e. The first kappa shape index (κ1) is 22.2. The summed E-state index contributed by atoms with van der Waals surface area (Å²) in [5, 5.41) is 8.10. The van der Waals surface area contributed by atoms with Crippen molar-refractivity contribution in [3.63, 3.8) is 0 Å². The number of nitrogens with one attached hydrogen (secondary N) is 1. The van der Waals surface area contributed by atoms with Crippen LogP contribution in [0.5, 0.6) is 0 Å². The lowest BCUT2D eigenvalue weighted by atomic mass is 10.1. The van der Waals surface area contributed by atoms with E-state index in [1.165, 1.54) is 0 Å². The summed E-state index contributed by atoms with van der Waals surface area (Å²) in [6.45, 7) is 4.39. The van der Waals surface area contributed by atoms with Crippen molar-refractivity contribution in [2.75, 3.05) is 13.1 Å². The Morgan fingerprint density at radius 2 is 1.88 bits per heavy atom. The molecule has 0 aliphatic heterocycles. The van der Waals surface area contributed by atoms with Gasteiger partial charge >= 0.3 is 0 Å². The fourth-order valence-corrected chi connectivity index (χ4v) is 4.18. The van der Waals surface area contributed by atoms with Gasteiger partial charge < -0.3 is 5.73 Å². The number of H-pyrrole nitrogens is 1. The summed E-state index contributed by atoms with van der Waals surface area (Å²) in [5.41, 5.74) is 8.55. The molecule has 2 aromatic carbocycles. The Kier molecular flexibility index (Phi) is 6.99. The van der Waals surface area contributed by atoms with E-state index in [1.807, 2.05) is 54.6 Å². The van der Waals surface area contributed by atoms with Crippen LogP contribution in [-0.4, -0.2) is 37.7 Å². The molecule has 8 heteroatoms. The van der Waals surface area contributed by atoms with Crippen molar-refractivity contribution in [3.8, 4) is 0 Å². The molecule has 0 saturated carbocycles. The van der Waals surface area contributed by atoms with Gasteiger partial charge in [-0.1, -0.05) is 61.0 Å². The average molecular weight is 451 g/mol. The molecule has 166 valence electrons. The zero-order valence-electron chi connectivity index (χ0n) is 18.0. The smallest absolute Gasteiger partial charge is 0.265 e. The van der Waals surface area contributed by atoms with Crippen molar-refractivity contribution >= 4 is 22.6 Å². The minimum Gasteiger partial charge on any atom is -0.329 e. The van der Waals surface area contributed by atoms with E-state index in [4.69, 9.17) is 22.3 Å². The van der Waals surface area contributed by atoms with E-state index >= 15 is 0 Å². The summed E-state index contributed by atoms with van der Waals surface area (Å²) in [7, 11) is 0. The van der Waals surface area contributed by atoms with Gasteiger partial charge in [0.05, 0.1) is 18.8 Å². The van der Waals surface area contributed by atoms with Gasteiger partial charge in [0, 0.05) is 24.7 Å². The molecule has 7 nitrogen and oxygen atoms in total. The molecular formula is C24H27ClN6O. The molecule has 0 amide bonds. The zero-order chi connectivity index (χ0) is 22.5. The third-order valence-electron chi connectivity index (χ3n) is 5.62. The van der Waals surface area contributed by atoms with E-state index in [1.54, 1.807) is 10.8 Å². The molecule has 32 heavy (non-hydrogen) atoms. The highest BCUT2D eigenvalue weighted by Crippen LogP contribution is 2.26. The van der Waals surface area contributed by atoms with Gasteiger partial charge in [-0.25, -0.2) is 4.98 Å². The minimum atomic E-state index is -0.0988. The second-order valence-corrected chi connectivity index (χ2v) is 8.23. The summed E-state index contributed by atoms with van der Waals surface area (Å²) >= 11 is 6.06. The van der Waals surface area contributed by atoms with Crippen LogP contribution < -0.4 is 11.3 Å². The highest BCUT2D eigenvalue weighted by atomic mass is 35.5. The standard InChI is InChI=1S/C24H27ClN6O/c1-2-21(30(13-12-26)15-18-8-10-19(25)11-9-18)23-28-22-20(14-27-29-22)24(32)31(23)16-17-6-4-3-5-7-17/h3-11,14,21H,2,12-13,15-16,26H2,1H3,(H,27,29). The number of hydrogen-bond acceptors (Lipinski definition) is 5. The summed E-state index contributed by atoms with van der Waals surface area (Å²) in [5.74, 6) is 0.709. The van der Waals surface area contributed by atoms with Gasteiger partial charge in [-0.15, -0.1) is 0 Å². The zero-order valence-corrected chi connectivity index (χ0v) is 18.8. The second kappa shape index (κ2) is 10.1. The summed E-state index contributed by atoms with van der Waals surface area (Å²) in [6, 6.07) is 17.7. The molecule has 0 aliphatic rings. The number of nitrogens with two attached hydrogens (primary N) is 1. The first-order valence-electron chi connectivity index (χ1n) is 10.8. The Morgan fingerprint density at radius 1 is 1.12 bits per heavy atom. The van der Waals surface area contributed by atoms with Gasteiger partial charge in [-0.05, 0) is 29.7 Å². The van der Waals surface area contributed by atoms with Crippen LogP contribution in [-0.2, 0) is 13.1 Å². The fraction of sp³-hybridized carbons (Fsp3) is 0.292. The maximum Gasteiger partial charge on any atom is 0.265 e. The maximum absolute atomic E-state index is 13.4. The number of aromatic amines is 1. The van der Waals surface area contributed by atoms with E-state index in [9.17, 15) is 4.79 Å². The second-order valence-electron chi connectivity index (χ2n) is 7.79. The van der Waals surface area contributed by atoms with Crippen LogP contribution in [0.15, 0.2) is 65.6 Å². The van der Waals surface area contributed by atoms with Crippen LogP contribution in [0.1, 0.15) is 36.3 Å². The number of benzene rings is 2. The first-order chi connectivity index (χ1) is 15.6. The van der Waals surface area contributed by atoms with Crippen molar-refractivity contribution in [1.29, 1.82) is 0 Å². The summed E-state index contributed by atoms with van der Waals surface area (Å²) in [4.78, 5) is 20.6. The van der Waals surface area contributed by atoms with E-state index < -0.39 is 0 Å². The molecule has 1 atom stereocenters. The Bertz CT molecular complexity index is 1220. The molecule has 4 rings (SSSR count). The van der Waals surface area contributed by atoms with Crippen molar-refractivity contribution in [3.05, 3.63) is 93.1 Å². The highest BCUT2D eigenvalue weighted by Gasteiger charge is 2.25. The summed E-state index contributed by atoms with van der Waals surface area (Å²) in [6.07, 6.45) is 2.32. The van der Waals surface area contributed by atoms with Crippen molar-refractivity contribution in [1.82, 2.24) is 24.6 Å². The third kappa shape index (κ3) is 4.75. The van der Waals surface area contributed by atoms with Crippen LogP contribution in [0, 0.1) is 0 Å². The molecule has 0 bridgehead atoms. The van der Waals surface area contributed by atoms with Crippen LogP contribution >= 0.6 is 11.6 Å². The number of aromatic nitrogens is 4. The lowest BCUT2D eigenvalue weighted by Gasteiger charge is -2.32. The van der Waals surface area contributed by atoms with Gasteiger partial charge in [-0.3, -0.25) is 19.4 Å². The molecule has 0 saturated heterocycles. The van der Waals surface area contributed by atoms with Crippen LogP contribution in [0.2, 0.25) is 5.02 Å². The van der Waals surface area contributed by atoms with Gasteiger partial charge in [0.2, 0.25) is 0 Å². The number of rotatable bonds is 9. The lowest BCUT2D eigenvalue weighted by molar-refractivity contribution is 0.176. The van der Waals surface area contributed by atoms with Crippen LogP contribution in [0.4, 0.5) is 0 Å². The van der Waals surface area contributed by atoms with E-state index in [-0.39, 0.29) is 11.6 Å². The SMILES string of the molecule is CCC(c1nc2[nH]ncc2c(=O)n1Cc1ccccc1)N(CCN)Cc1ccc(Cl)cc1. The average Bonchev–Trinajstić information content (AvgIpc) is 3.28. The van der Waals surface area contributed by atoms with E-state index in [0.29, 0.717) is 48.1 Å². The molecule has 0 aliphatic carbocycles. The van der Waals surface area contributed by atoms with Gasteiger partial charge in [0.1, 0.15) is 11.2 Å². The quantitative estimate of drug-likeness (QED) is 0.405. The minimum absolute atomic E-state index is 0.0970. The monoisotopic (exact) mass is 450 g/mol. The number of nitrogens with zero attached hydrogens (tertiary/aromatic N) is 4.